The van der Waals surface area contributed by atoms with E-state index in [-0.39, 0.29) is 5.69 Å². The first-order chi connectivity index (χ1) is 17.7. The maximum Gasteiger partial charge on any atom is 0.269 e. The zero-order chi connectivity index (χ0) is 25.7. The summed E-state index contributed by atoms with van der Waals surface area (Å²) in [5.41, 5.74) is 1.41. The van der Waals surface area contributed by atoms with Crippen LogP contribution in [0.15, 0.2) is 48.5 Å². The van der Waals surface area contributed by atoms with Crippen molar-refractivity contribution < 1.29 is 28.6 Å². The van der Waals surface area contributed by atoms with Crippen molar-refractivity contribution in [3.63, 3.8) is 0 Å². The van der Waals surface area contributed by atoms with Gasteiger partial charge in [0.1, 0.15) is 24.7 Å². The first-order valence-electron chi connectivity index (χ1n) is 13.0. The Hall–Kier alpha value is -2.68. The maximum atomic E-state index is 10.6. The van der Waals surface area contributed by atoms with Gasteiger partial charge in [0.25, 0.3) is 5.69 Å². The smallest absolute Gasteiger partial charge is 0.269 e. The van der Waals surface area contributed by atoms with Gasteiger partial charge in [0.05, 0.1) is 44.6 Å². The van der Waals surface area contributed by atoms with Gasteiger partial charge in [-0.3, -0.25) is 10.1 Å². The van der Waals surface area contributed by atoms with Crippen LogP contribution in [0.5, 0.6) is 11.5 Å². The average Bonchev–Trinajstić information content (AvgIpc) is 2.90. The highest BCUT2D eigenvalue weighted by Crippen LogP contribution is 2.17. The summed E-state index contributed by atoms with van der Waals surface area (Å²) in [6.45, 7) is 5.98. The zero-order valence-corrected chi connectivity index (χ0v) is 21.5. The standard InChI is InChI=1S/C28H41NO7/c1-2-3-4-5-6-7-8-25-9-13-27(14-10-25)35-23-21-33-19-17-32-18-20-34-22-24-36-28-15-11-26(12-16-28)29(30)31/h9-16H,2-8,17-24H2,1H3. The van der Waals surface area contributed by atoms with Crippen molar-refractivity contribution in [2.24, 2.45) is 0 Å². The molecule has 0 aromatic heterocycles. The fraction of sp³-hybridized carbons (Fsp3) is 0.571. The third-order valence-corrected chi connectivity index (χ3v) is 5.53. The molecule has 0 saturated carbocycles. The molecule has 0 saturated heterocycles. The van der Waals surface area contributed by atoms with Gasteiger partial charge in [0.15, 0.2) is 0 Å². The number of hydrogen-bond acceptors (Lipinski definition) is 7. The molecule has 2 aromatic carbocycles. The molecule has 36 heavy (non-hydrogen) atoms. The van der Waals surface area contributed by atoms with Crippen LogP contribution in [-0.2, 0) is 20.6 Å². The molecule has 0 bridgehead atoms. The minimum absolute atomic E-state index is 0.0379. The molecule has 2 aromatic rings. The highest BCUT2D eigenvalue weighted by atomic mass is 16.6. The van der Waals surface area contributed by atoms with Gasteiger partial charge >= 0.3 is 0 Å². The summed E-state index contributed by atoms with van der Waals surface area (Å²) in [7, 11) is 0. The molecule has 0 aliphatic carbocycles. The molecule has 8 nitrogen and oxygen atoms in total. The second-order valence-electron chi connectivity index (χ2n) is 8.45. The van der Waals surface area contributed by atoms with Crippen LogP contribution in [0.3, 0.4) is 0 Å². The van der Waals surface area contributed by atoms with Crippen LogP contribution in [0.1, 0.15) is 51.0 Å². The molecule has 0 amide bonds. The molecule has 0 atom stereocenters. The Labute approximate surface area is 215 Å². The van der Waals surface area contributed by atoms with Crippen molar-refractivity contribution in [2.45, 2.75) is 51.9 Å². The summed E-state index contributed by atoms with van der Waals surface area (Å²) < 4.78 is 27.7. The van der Waals surface area contributed by atoms with Crippen LogP contribution in [0.25, 0.3) is 0 Å². The number of nitrogens with zero attached hydrogens (tertiary/aromatic N) is 1. The number of hydrogen-bond donors (Lipinski definition) is 0. The van der Waals surface area contributed by atoms with Gasteiger partial charge in [0.2, 0.25) is 0 Å². The summed E-state index contributed by atoms with van der Waals surface area (Å²) >= 11 is 0. The summed E-state index contributed by atoms with van der Waals surface area (Å²) in [5.74, 6) is 1.44. The van der Waals surface area contributed by atoms with Gasteiger partial charge in [-0.2, -0.15) is 0 Å². The van der Waals surface area contributed by atoms with Gasteiger partial charge in [-0.25, -0.2) is 0 Å². The van der Waals surface area contributed by atoms with E-state index in [4.69, 9.17) is 23.7 Å². The first kappa shape index (κ1) is 29.5. The van der Waals surface area contributed by atoms with E-state index in [2.05, 4.69) is 19.1 Å². The Morgan fingerprint density at radius 2 is 1.06 bits per heavy atom. The number of unbranched alkanes of at least 4 members (excludes halogenated alkanes) is 5. The molecule has 200 valence electrons. The third kappa shape index (κ3) is 14.0. The summed E-state index contributed by atoms with van der Waals surface area (Å²) in [4.78, 5) is 10.2. The molecule has 2 rings (SSSR count). The number of nitro groups is 1. The Morgan fingerprint density at radius 1 is 0.611 bits per heavy atom. The van der Waals surface area contributed by atoms with Crippen molar-refractivity contribution in [2.75, 3.05) is 52.9 Å². The molecule has 0 N–H and O–H groups in total. The lowest BCUT2D eigenvalue weighted by atomic mass is 10.0. The number of benzene rings is 2. The van der Waals surface area contributed by atoms with E-state index < -0.39 is 4.92 Å². The molecule has 0 aliphatic rings. The summed E-state index contributed by atoms with van der Waals surface area (Å²) in [6, 6.07) is 14.3. The summed E-state index contributed by atoms with van der Waals surface area (Å²) in [5, 5.41) is 10.6. The zero-order valence-electron chi connectivity index (χ0n) is 21.5. The second kappa shape index (κ2) is 19.5. The van der Waals surface area contributed by atoms with Crippen molar-refractivity contribution in [1.29, 1.82) is 0 Å². The average molecular weight is 504 g/mol. The maximum absolute atomic E-state index is 10.6. The van der Waals surface area contributed by atoms with E-state index in [0.717, 1.165) is 12.2 Å². The highest BCUT2D eigenvalue weighted by Gasteiger charge is 2.04. The van der Waals surface area contributed by atoms with Crippen LogP contribution in [-0.4, -0.2) is 57.8 Å². The van der Waals surface area contributed by atoms with E-state index >= 15 is 0 Å². The lowest BCUT2D eigenvalue weighted by molar-refractivity contribution is -0.384. The third-order valence-electron chi connectivity index (χ3n) is 5.53. The monoisotopic (exact) mass is 503 g/mol. The molecule has 0 radical (unpaired) electrons. The normalized spacial score (nSPS) is 10.9. The van der Waals surface area contributed by atoms with Crippen LogP contribution >= 0.6 is 0 Å². The van der Waals surface area contributed by atoms with E-state index in [1.54, 1.807) is 12.1 Å². The fourth-order valence-corrected chi connectivity index (χ4v) is 3.50. The number of ether oxygens (including phenoxy) is 5. The van der Waals surface area contributed by atoms with Crippen LogP contribution in [0.2, 0.25) is 0 Å². The Bertz CT molecular complexity index is 812. The molecule has 0 heterocycles. The van der Waals surface area contributed by atoms with Gasteiger partial charge in [-0.15, -0.1) is 0 Å². The first-order valence-corrected chi connectivity index (χ1v) is 13.0. The molecular formula is C28H41NO7. The molecule has 0 spiro atoms. The molecule has 0 fully saturated rings. The van der Waals surface area contributed by atoms with Gasteiger partial charge in [-0.1, -0.05) is 51.2 Å². The number of rotatable bonds is 22. The lowest BCUT2D eigenvalue weighted by Gasteiger charge is -2.09. The Kier molecular flexibility index (Phi) is 16.0. The number of nitro benzene ring substituents is 1. The van der Waals surface area contributed by atoms with Gasteiger partial charge in [-0.05, 0) is 42.7 Å². The highest BCUT2D eigenvalue weighted by molar-refractivity contribution is 5.35. The Balaban J connectivity index is 1.35. The molecule has 0 aliphatic heterocycles. The van der Waals surface area contributed by atoms with Gasteiger partial charge in [0, 0.05) is 12.1 Å². The van der Waals surface area contributed by atoms with Crippen molar-refractivity contribution >= 4 is 5.69 Å². The fourth-order valence-electron chi connectivity index (χ4n) is 3.50. The SMILES string of the molecule is CCCCCCCCc1ccc(OCCOCCOCCOCCOc2ccc([N+](=O)[O-])cc2)cc1. The van der Waals surface area contributed by atoms with E-state index in [1.807, 2.05) is 12.1 Å². The predicted octanol–water partition coefficient (Wildman–Crippen LogP) is 6.01. The molecule has 0 unspecified atom stereocenters. The van der Waals surface area contributed by atoms with Crippen molar-refractivity contribution in [3.05, 3.63) is 64.2 Å². The van der Waals surface area contributed by atoms with Crippen molar-refractivity contribution in [3.8, 4) is 11.5 Å². The van der Waals surface area contributed by atoms with Crippen LogP contribution in [0.4, 0.5) is 5.69 Å². The van der Waals surface area contributed by atoms with Crippen LogP contribution in [0, 0.1) is 10.1 Å². The van der Waals surface area contributed by atoms with Crippen molar-refractivity contribution in [1.82, 2.24) is 0 Å². The number of non-ortho nitro benzene ring substituents is 1. The minimum atomic E-state index is -0.442. The topological polar surface area (TPSA) is 89.3 Å². The molecular weight excluding hydrogens is 462 g/mol. The largest absolute Gasteiger partial charge is 0.491 e. The summed E-state index contributed by atoms with van der Waals surface area (Å²) in [6.07, 6.45) is 9.05. The number of aryl methyl sites for hydroxylation is 1. The lowest BCUT2D eigenvalue weighted by Crippen LogP contribution is -2.14. The van der Waals surface area contributed by atoms with E-state index in [9.17, 15) is 10.1 Å². The Morgan fingerprint density at radius 3 is 1.56 bits per heavy atom. The van der Waals surface area contributed by atoms with Crippen LogP contribution < -0.4 is 9.47 Å². The van der Waals surface area contributed by atoms with E-state index in [1.165, 1.54) is 56.2 Å². The minimum Gasteiger partial charge on any atom is -0.491 e. The van der Waals surface area contributed by atoms with E-state index in [0.29, 0.717) is 58.6 Å². The predicted molar refractivity (Wildman–Crippen MR) is 140 cm³/mol. The molecule has 8 heteroatoms. The van der Waals surface area contributed by atoms with Gasteiger partial charge < -0.3 is 23.7 Å². The second-order valence-corrected chi connectivity index (χ2v) is 8.45. The quantitative estimate of drug-likeness (QED) is 0.110.